The van der Waals surface area contributed by atoms with Crippen molar-refractivity contribution in [3.63, 3.8) is 0 Å². The van der Waals surface area contributed by atoms with Crippen LogP contribution in [0.4, 0.5) is 0 Å². The van der Waals surface area contributed by atoms with E-state index in [-0.39, 0.29) is 30.4 Å². The van der Waals surface area contributed by atoms with Gasteiger partial charge in [-0.2, -0.15) is 0 Å². The second-order valence-corrected chi connectivity index (χ2v) is 12.4. The molecule has 48 heavy (non-hydrogen) atoms. The number of ether oxygens (including phenoxy) is 1. The number of imidazole rings is 1. The molecule has 0 unspecified atom stereocenters. The van der Waals surface area contributed by atoms with Gasteiger partial charge in [0, 0.05) is 32.5 Å². The van der Waals surface area contributed by atoms with E-state index in [0.717, 1.165) is 5.56 Å². The van der Waals surface area contributed by atoms with Crippen molar-refractivity contribution < 1.29 is 28.7 Å². The Morgan fingerprint density at radius 1 is 1.00 bits per heavy atom. The van der Waals surface area contributed by atoms with Crippen LogP contribution in [0.15, 0.2) is 73.3 Å². The summed E-state index contributed by atoms with van der Waals surface area (Å²) in [4.78, 5) is 72.5. The molecule has 1 aromatic heterocycles. The summed E-state index contributed by atoms with van der Waals surface area (Å²) in [5.74, 6) is -2.30. The van der Waals surface area contributed by atoms with Crippen LogP contribution in [0.5, 0.6) is 5.75 Å². The Bertz CT molecular complexity index is 1530. The summed E-state index contributed by atoms with van der Waals surface area (Å²) < 4.78 is 7.99. The molecular weight excluding hydrogens is 614 g/mol. The molecule has 13 heteroatoms. The smallest absolute Gasteiger partial charge is 0.255 e. The quantitative estimate of drug-likeness (QED) is 0.254. The van der Waals surface area contributed by atoms with E-state index in [1.54, 1.807) is 36.8 Å². The molecule has 4 N–H and O–H groups in total. The van der Waals surface area contributed by atoms with Gasteiger partial charge in [0.15, 0.2) is 0 Å². The molecule has 0 radical (unpaired) electrons. The maximum atomic E-state index is 13.6. The van der Waals surface area contributed by atoms with Crippen LogP contribution in [0.2, 0.25) is 0 Å². The third-order valence-electron chi connectivity index (χ3n) is 7.82. The van der Waals surface area contributed by atoms with E-state index >= 15 is 0 Å². The number of aromatic nitrogens is 2. The van der Waals surface area contributed by atoms with E-state index in [4.69, 9.17) is 4.74 Å². The summed E-state index contributed by atoms with van der Waals surface area (Å²) >= 11 is 0. The number of amides is 5. The molecule has 0 spiro atoms. The van der Waals surface area contributed by atoms with E-state index in [0.29, 0.717) is 32.4 Å². The normalized spacial score (nSPS) is 19.8. The number of hydrogen-bond donors (Lipinski definition) is 4. The van der Waals surface area contributed by atoms with Crippen LogP contribution in [0.1, 0.15) is 49.0 Å². The Morgan fingerprint density at radius 2 is 1.75 bits per heavy atom. The van der Waals surface area contributed by atoms with Crippen molar-refractivity contribution >= 4 is 29.5 Å². The van der Waals surface area contributed by atoms with E-state index in [9.17, 15) is 24.0 Å². The molecular formula is C35H45N7O6. The first-order chi connectivity index (χ1) is 23.1. The van der Waals surface area contributed by atoms with Crippen molar-refractivity contribution in [1.29, 1.82) is 0 Å². The fourth-order valence-corrected chi connectivity index (χ4v) is 5.45. The van der Waals surface area contributed by atoms with Gasteiger partial charge in [0.2, 0.25) is 23.6 Å². The molecule has 0 saturated carbocycles. The molecule has 0 fully saturated rings. The Balaban J connectivity index is 1.60. The van der Waals surface area contributed by atoms with Gasteiger partial charge in [-0.25, -0.2) is 4.98 Å². The lowest BCUT2D eigenvalue weighted by Crippen LogP contribution is -2.53. The van der Waals surface area contributed by atoms with Gasteiger partial charge < -0.3 is 35.5 Å². The summed E-state index contributed by atoms with van der Waals surface area (Å²) in [5, 5.41) is 11.3. The van der Waals surface area contributed by atoms with Crippen molar-refractivity contribution in [2.45, 2.75) is 64.2 Å². The molecule has 13 nitrogen and oxygen atoms in total. The van der Waals surface area contributed by atoms with Crippen LogP contribution in [0.3, 0.4) is 0 Å². The highest BCUT2D eigenvalue weighted by Crippen LogP contribution is 2.19. The van der Waals surface area contributed by atoms with E-state index in [1.807, 2.05) is 54.9 Å². The lowest BCUT2D eigenvalue weighted by molar-refractivity contribution is -0.139. The second kappa shape index (κ2) is 17.6. The Labute approximate surface area is 280 Å². The molecule has 2 aromatic carbocycles. The van der Waals surface area contributed by atoms with Gasteiger partial charge in [0.25, 0.3) is 5.91 Å². The first-order valence-corrected chi connectivity index (χ1v) is 16.2. The number of fused-ring (bicyclic) bond motifs is 1. The lowest BCUT2D eigenvalue weighted by Gasteiger charge is -2.27. The number of benzene rings is 2. The monoisotopic (exact) mass is 659 g/mol. The standard InChI is InChI=1S/C35H45N7O6/c1-24(2)18-29-35(47)41(3)21-32(44)38-26(19-25-10-5-4-6-11-25)22-48-30-13-8-7-12-27(30)33(45)40-28(20-31(43)39-29)34(46)37-14-9-16-42-17-15-36-23-42/h4-8,10-13,15,17,23-24,26,28-29H,9,14,16,18-22H2,1-3H3,(H,37,46)(H,38,44)(H,39,43)(H,40,45)/t26-,28+,29-/m1/s1. The maximum absolute atomic E-state index is 13.6. The summed E-state index contributed by atoms with van der Waals surface area (Å²) in [6.07, 6.45) is 6.10. The van der Waals surface area contributed by atoms with Gasteiger partial charge in [-0.05, 0) is 42.9 Å². The number of nitrogens with zero attached hydrogens (tertiary/aromatic N) is 3. The van der Waals surface area contributed by atoms with E-state index in [2.05, 4.69) is 26.3 Å². The number of hydrogen-bond acceptors (Lipinski definition) is 7. The van der Waals surface area contributed by atoms with Crippen LogP contribution < -0.4 is 26.0 Å². The number of nitrogens with one attached hydrogen (secondary N) is 4. The van der Waals surface area contributed by atoms with Gasteiger partial charge in [0.05, 0.1) is 30.9 Å². The van der Waals surface area contributed by atoms with Crippen molar-refractivity contribution in [2.75, 3.05) is 26.7 Å². The number of likely N-dealkylation sites (N-methyl/N-ethyl adjacent to an activating group) is 1. The highest BCUT2D eigenvalue weighted by Gasteiger charge is 2.31. The first kappa shape index (κ1) is 35.7. The predicted octanol–water partition coefficient (Wildman–Crippen LogP) is 1.69. The molecule has 2 heterocycles. The minimum atomic E-state index is -1.24. The van der Waals surface area contributed by atoms with Gasteiger partial charge in [-0.15, -0.1) is 0 Å². The number of aryl methyl sites for hydroxylation is 1. The van der Waals surface area contributed by atoms with Crippen molar-refractivity contribution in [1.82, 2.24) is 35.7 Å². The highest BCUT2D eigenvalue weighted by molar-refractivity contribution is 6.01. The SMILES string of the molecule is CC(C)C[C@H]1NC(=O)C[C@@H](C(=O)NCCCn2ccnc2)NC(=O)c2ccccc2OC[C@@H](Cc2ccccc2)NC(=O)CN(C)C1=O. The van der Waals surface area contributed by atoms with E-state index < -0.39 is 54.1 Å². The topological polar surface area (TPSA) is 164 Å². The largest absolute Gasteiger partial charge is 0.491 e. The van der Waals surface area contributed by atoms with Gasteiger partial charge in [-0.3, -0.25) is 24.0 Å². The molecule has 3 atom stereocenters. The second-order valence-electron chi connectivity index (χ2n) is 12.4. The van der Waals surface area contributed by atoms with Gasteiger partial charge in [0.1, 0.15) is 24.4 Å². The number of carbonyl (C=O) groups is 5. The highest BCUT2D eigenvalue weighted by atomic mass is 16.5. The van der Waals surface area contributed by atoms with Gasteiger partial charge in [-0.1, -0.05) is 56.3 Å². The van der Waals surface area contributed by atoms with Crippen LogP contribution in [0.25, 0.3) is 0 Å². The molecule has 0 saturated heterocycles. The summed E-state index contributed by atoms with van der Waals surface area (Å²) in [5.41, 5.74) is 1.13. The van der Waals surface area contributed by atoms with Crippen LogP contribution in [0, 0.1) is 5.92 Å². The minimum Gasteiger partial charge on any atom is -0.491 e. The zero-order chi connectivity index (χ0) is 34.5. The Hall–Kier alpha value is -5.20. The Morgan fingerprint density at radius 3 is 2.48 bits per heavy atom. The van der Waals surface area contributed by atoms with Gasteiger partial charge >= 0.3 is 0 Å². The maximum Gasteiger partial charge on any atom is 0.255 e. The summed E-state index contributed by atoms with van der Waals surface area (Å²) in [6.45, 7) is 4.54. The van der Waals surface area contributed by atoms with Crippen LogP contribution in [-0.2, 0) is 32.1 Å². The summed E-state index contributed by atoms with van der Waals surface area (Å²) in [6, 6.07) is 13.5. The fourth-order valence-electron chi connectivity index (χ4n) is 5.45. The first-order valence-electron chi connectivity index (χ1n) is 16.2. The fraction of sp³-hybridized carbons (Fsp3) is 0.429. The lowest BCUT2D eigenvalue weighted by atomic mass is 10.0. The third kappa shape index (κ3) is 11.0. The molecule has 1 aliphatic rings. The molecule has 0 aliphatic carbocycles. The molecule has 4 rings (SSSR count). The van der Waals surface area contributed by atoms with Crippen molar-refractivity contribution in [3.8, 4) is 5.75 Å². The van der Waals surface area contributed by atoms with Crippen molar-refractivity contribution in [2.24, 2.45) is 5.92 Å². The molecule has 5 amide bonds. The van der Waals surface area contributed by atoms with Crippen LogP contribution >= 0.6 is 0 Å². The molecule has 1 aliphatic heterocycles. The number of carbonyl (C=O) groups excluding carboxylic acids is 5. The van der Waals surface area contributed by atoms with Crippen LogP contribution in [-0.4, -0.2) is 88.9 Å². The van der Waals surface area contributed by atoms with Crippen molar-refractivity contribution in [3.05, 3.63) is 84.4 Å². The minimum absolute atomic E-state index is 0.0272. The molecule has 256 valence electrons. The summed E-state index contributed by atoms with van der Waals surface area (Å²) in [7, 11) is 1.51. The average molecular weight is 660 g/mol. The number of rotatable bonds is 9. The van der Waals surface area contributed by atoms with E-state index in [1.165, 1.54) is 11.9 Å². The molecule has 0 bridgehead atoms. The Kier molecular flexibility index (Phi) is 13.1. The molecule has 3 aromatic rings. The number of para-hydroxylation sites is 1. The average Bonchev–Trinajstić information content (AvgIpc) is 3.58. The third-order valence-corrected chi connectivity index (χ3v) is 7.82. The zero-order valence-corrected chi connectivity index (χ0v) is 27.7. The predicted molar refractivity (Wildman–Crippen MR) is 179 cm³/mol. The zero-order valence-electron chi connectivity index (χ0n) is 27.7.